The average molecular weight is 199 g/mol. The molecule has 0 aliphatic heterocycles. The monoisotopic (exact) mass is 198 g/mol. The Morgan fingerprint density at radius 3 is 2.40 bits per heavy atom. The maximum atomic E-state index is 5.56. The summed E-state index contributed by atoms with van der Waals surface area (Å²) < 4.78 is 0. The van der Waals surface area contributed by atoms with Gasteiger partial charge >= 0.3 is 0 Å². The molecule has 0 radical (unpaired) electrons. The van der Waals surface area contributed by atoms with E-state index in [2.05, 4.69) is 6.55 Å². The first-order chi connectivity index (χ1) is 4.77. The Labute approximate surface area is 76.1 Å². The molecule has 0 unspecified atom stereocenters. The first-order valence-electron chi connectivity index (χ1n) is 4.05. The van der Waals surface area contributed by atoms with Crippen molar-refractivity contribution in [3.05, 3.63) is 0 Å². The van der Waals surface area contributed by atoms with E-state index in [1.807, 2.05) is 0 Å². The van der Waals surface area contributed by atoms with Gasteiger partial charge in [-0.1, -0.05) is 31.9 Å². The van der Waals surface area contributed by atoms with E-state index in [-0.39, 0.29) is 4.84 Å². The highest BCUT2D eigenvalue weighted by molar-refractivity contribution is 6.44. The zero-order valence-electron chi connectivity index (χ0n) is 6.58. The molecule has 0 atom stereocenters. The van der Waals surface area contributed by atoms with Crippen molar-refractivity contribution in [3.8, 4) is 0 Å². The lowest BCUT2D eigenvalue weighted by molar-refractivity contribution is 0.691. The lowest BCUT2D eigenvalue weighted by Crippen LogP contribution is -1.87. The molecule has 3 heteroatoms. The SMILES string of the molecule is C[SiH2]CCCCCC(Cl)Cl. The second-order valence-corrected chi connectivity index (χ2v) is 5.58. The normalized spacial score (nSPS) is 12.0. The van der Waals surface area contributed by atoms with Crippen LogP contribution in [0.15, 0.2) is 0 Å². The molecule has 0 bridgehead atoms. The van der Waals surface area contributed by atoms with Gasteiger partial charge in [0.05, 0.1) is 0 Å². The zero-order valence-corrected chi connectivity index (χ0v) is 9.50. The molecule has 0 rings (SSSR count). The van der Waals surface area contributed by atoms with E-state index in [1.165, 1.54) is 25.3 Å². The molecule has 0 spiro atoms. The maximum Gasteiger partial charge on any atom is 0.107 e. The van der Waals surface area contributed by atoms with Gasteiger partial charge in [-0.05, 0) is 6.42 Å². The van der Waals surface area contributed by atoms with Crippen LogP contribution in [0.4, 0.5) is 0 Å². The van der Waals surface area contributed by atoms with Crippen molar-refractivity contribution in [2.75, 3.05) is 0 Å². The topological polar surface area (TPSA) is 0 Å². The molecule has 0 saturated heterocycles. The minimum atomic E-state index is -0.140. The molecule has 0 heterocycles. The van der Waals surface area contributed by atoms with Crippen molar-refractivity contribution < 1.29 is 0 Å². The third kappa shape index (κ3) is 8.80. The number of hydrogen-bond acceptors (Lipinski definition) is 0. The first-order valence-corrected chi connectivity index (χ1v) is 7.34. The molecule has 0 amide bonds. The van der Waals surface area contributed by atoms with Gasteiger partial charge in [0.1, 0.15) is 4.84 Å². The third-order valence-electron chi connectivity index (χ3n) is 1.53. The molecule has 0 aromatic carbocycles. The molecule has 0 nitrogen and oxygen atoms in total. The van der Waals surface area contributed by atoms with Gasteiger partial charge in [0.2, 0.25) is 0 Å². The number of halogens is 2. The van der Waals surface area contributed by atoms with Crippen molar-refractivity contribution in [3.63, 3.8) is 0 Å². The van der Waals surface area contributed by atoms with Crippen molar-refractivity contribution in [1.82, 2.24) is 0 Å². The number of alkyl halides is 2. The molecule has 0 aromatic rings. The van der Waals surface area contributed by atoms with Crippen LogP contribution in [-0.2, 0) is 0 Å². The van der Waals surface area contributed by atoms with Crippen molar-refractivity contribution in [2.45, 2.75) is 43.1 Å². The van der Waals surface area contributed by atoms with Crippen LogP contribution < -0.4 is 0 Å². The molecule has 10 heavy (non-hydrogen) atoms. The summed E-state index contributed by atoms with van der Waals surface area (Å²) in [5.74, 6) is 0. The summed E-state index contributed by atoms with van der Waals surface area (Å²) in [7, 11) is 0.301. The summed E-state index contributed by atoms with van der Waals surface area (Å²) in [5.41, 5.74) is 0. The van der Waals surface area contributed by atoms with Crippen LogP contribution in [-0.4, -0.2) is 14.4 Å². The quantitative estimate of drug-likeness (QED) is 0.350. The smallest absolute Gasteiger partial charge is 0.105 e. The predicted octanol–water partition coefficient (Wildman–Crippen LogP) is 2.99. The van der Waals surface area contributed by atoms with Gasteiger partial charge in [-0.15, -0.1) is 23.2 Å². The number of hydrogen-bond donors (Lipinski definition) is 0. The lowest BCUT2D eigenvalue weighted by Gasteiger charge is -1.99. The largest absolute Gasteiger partial charge is 0.107 e. The molecular formula is C7H16Cl2Si. The van der Waals surface area contributed by atoms with Gasteiger partial charge in [-0.2, -0.15) is 0 Å². The summed E-state index contributed by atoms with van der Waals surface area (Å²) in [4.78, 5) is -0.140. The zero-order chi connectivity index (χ0) is 7.82. The summed E-state index contributed by atoms with van der Waals surface area (Å²) in [6.45, 7) is 2.35. The number of rotatable bonds is 6. The molecule has 0 saturated carbocycles. The van der Waals surface area contributed by atoms with Gasteiger partial charge in [0.15, 0.2) is 0 Å². The molecular weight excluding hydrogens is 183 g/mol. The summed E-state index contributed by atoms with van der Waals surface area (Å²) in [6, 6.07) is 1.48. The van der Waals surface area contributed by atoms with Gasteiger partial charge in [-0.25, -0.2) is 0 Å². The van der Waals surface area contributed by atoms with E-state index in [0.29, 0.717) is 9.52 Å². The Kier molecular flexibility index (Phi) is 8.53. The lowest BCUT2D eigenvalue weighted by atomic mass is 10.2. The highest BCUT2D eigenvalue weighted by Gasteiger charge is 1.96. The average Bonchev–Trinajstić information content (AvgIpc) is 1.87. The second kappa shape index (κ2) is 7.90. The van der Waals surface area contributed by atoms with Gasteiger partial charge in [-0.3, -0.25) is 0 Å². The molecule has 0 aliphatic rings. The highest BCUT2D eigenvalue weighted by atomic mass is 35.5. The first kappa shape index (κ1) is 10.8. The van der Waals surface area contributed by atoms with Crippen LogP contribution in [0.2, 0.25) is 12.6 Å². The Bertz CT molecular complexity index is 66.6. The van der Waals surface area contributed by atoms with Crippen LogP contribution in [0, 0.1) is 0 Å². The third-order valence-corrected chi connectivity index (χ3v) is 3.17. The van der Waals surface area contributed by atoms with Crippen molar-refractivity contribution >= 4 is 32.7 Å². The molecule has 0 aliphatic carbocycles. The minimum absolute atomic E-state index is 0.140. The molecule has 0 N–H and O–H groups in total. The Hall–Kier alpha value is 0.797. The molecule has 0 fully saturated rings. The number of unbranched alkanes of at least 4 members (excludes halogenated alkanes) is 2. The second-order valence-electron chi connectivity index (χ2n) is 2.59. The molecule has 62 valence electrons. The fourth-order valence-electron chi connectivity index (χ4n) is 0.902. The van der Waals surface area contributed by atoms with Crippen LogP contribution in [0.3, 0.4) is 0 Å². The highest BCUT2D eigenvalue weighted by Crippen LogP contribution is 2.12. The fraction of sp³-hybridized carbons (Fsp3) is 1.00. The van der Waals surface area contributed by atoms with Gasteiger partial charge < -0.3 is 0 Å². The van der Waals surface area contributed by atoms with Crippen LogP contribution in [0.5, 0.6) is 0 Å². The standard InChI is InChI=1S/C7H16Cl2Si/c1-10-6-4-2-3-5-7(8)9/h7H,2-6,10H2,1H3. The summed E-state index contributed by atoms with van der Waals surface area (Å²) in [6.07, 6.45) is 4.88. The summed E-state index contributed by atoms with van der Waals surface area (Å²) in [5, 5.41) is 0. The van der Waals surface area contributed by atoms with E-state index in [1.54, 1.807) is 0 Å². The molecule has 0 aromatic heterocycles. The minimum Gasteiger partial charge on any atom is -0.105 e. The Morgan fingerprint density at radius 2 is 1.90 bits per heavy atom. The summed E-state index contributed by atoms with van der Waals surface area (Å²) >= 11 is 11.1. The van der Waals surface area contributed by atoms with Crippen molar-refractivity contribution in [1.29, 1.82) is 0 Å². The van der Waals surface area contributed by atoms with Crippen LogP contribution in [0.25, 0.3) is 0 Å². The van der Waals surface area contributed by atoms with Crippen LogP contribution >= 0.6 is 23.2 Å². The van der Waals surface area contributed by atoms with Crippen molar-refractivity contribution in [2.24, 2.45) is 0 Å². The fourth-order valence-corrected chi connectivity index (χ4v) is 2.06. The van der Waals surface area contributed by atoms with Gasteiger partial charge in [0, 0.05) is 9.52 Å². The van der Waals surface area contributed by atoms with Crippen LogP contribution in [0.1, 0.15) is 25.7 Å². The van der Waals surface area contributed by atoms with E-state index in [9.17, 15) is 0 Å². The Morgan fingerprint density at radius 1 is 1.20 bits per heavy atom. The van der Waals surface area contributed by atoms with E-state index in [4.69, 9.17) is 23.2 Å². The van der Waals surface area contributed by atoms with E-state index >= 15 is 0 Å². The Balaban J connectivity index is 2.77. The van der Waals surface area contributed by atoms with Gasteiger partial charge in [0.25, 0.3) is 0 Å². The van der Waals surface area contributed by atoms with E-state index in [0.717, 1.165) is 6.42 Å². The van der Waals surface area contributed by atoms with E-state index < -0.39 is 0 Å². The maximum absolute atomic E-state index is 5.56. The predicted molar refractivity (Wildman–Crippen MR) is 53.2 cm³/mol.